The molecule has 88 valence electrons. The molecule has 0 unspecified atom stereocenters. The van der Waals surface area contributed by atoms with Crippen LogP contribution in [0.25, 0.3) is 10.9 Å². The van der Waals surface area contributed by atoms with E-state index in [-0.39, 0.29) is 13.2 Å². The van der Waals surface area contributed by atoms with Gasteiger partial charge in [-0.05, 0) is 24.3 Å². The predicted molar refractivity (Wildman–Crippen MR) is 63.8 cm³/mol. The Morgan fingerprint density at radius 2 is 2.24 bits per heavy atom. The molecular formula is C12H12N2O3. The van der Waals surface area contributed by atoms with Crippen molar-refractivity contribution in [3.05, 3.63) is 36.5 Å². The zero-order valence-electron chi connectivity index (χ0n) is 9.09. The summed E-state index contributed by atoms with van der Waals surface area (Å²) in [5, 5.41) is 12.0. The van der Waals surface area contributed by atoms with Gasteiger partial charge in [-0.25, -0.2) is 4.79 Å². The molecule has 17 heavy (non-hydrogen) atoms. The van der Waals surface area contributed by atoms with Gasteiger partial charge in [0.1, 0.15) is 6.61 Å². The van der Waals surface area contributed by atoms with Gasteiger partial charge in [0.2, 0.25) is 0 Å². The summed E-state index contributed by atoms with van der Waals surface area (Å²) in [5.74, 6) is 0. The second kappa shape index (κ2) is 5.27. The van der Waals surface area contributed by atoms with Crippen LogP contribution >= 0.6 is 0 Å². The Hall–Kier alpha value is -2.14. The minimum atomic E-state index is -0.588. The van der Waals surface area contributed by atoms with Crippen molar-refractivity contribution in [2.75, 3.05) is 18.5 Å². The number of carbonyl (C=O) groups is 1. The van der Waals surface area contributed by atoms with Gasteiger partial charge < -0.3 is 9.84 Å². The number of benzene rings is 1. The fourth-order valence-electron chi connectivity index (χ4n) is 1.50. The first kappa shape index (κ1) is 11.3. The lowest BCUT2D eigenvalue weighted by atomic mass is 10.2. The molecule has 2 rings (SSSR count). The first-order valence-corrected chi connectivity index (χ1v) is 5.19. The molecule has 1 heterocycles. The minimum Gasteiger partial charge on any atom is -0.447 e. The number of rotatable bonds is 3. The topological polar surface area (TPSA) is 71.5 Å². The summed E-state index contributed by atoms with van der Waals surface area (Å²) in [7, 11) is 0. The number of pyridine rings is 1. The van der Waals surface area contributed by atoms with Crippen LogP contribution in [0.15, 0.2) is 36.5 Å². The molecular weight excluding hydrogens is 220 g/mol. The van der Waals surface area contributed by atoms with E-state index in [4.69, 9.17) is 9.84 Å². The van der Waals surface area contributed by atoms with E-state index in [1.807, 2.05) is 12.1 Å². The number of hydrogen-bond acceptors (Lipinski definition) is 4. The van der Waals surface area contributed by atoms with Gasteiger partial charge in [0.15, 0.2) is 0 Å². The third kappa shape index (κ3) is 2.70. The molecule has 1 aromatic heterocycles. The van der Waals surface area contributed by atoms with Crippen molar-refractivity contribution in [2.45, 2.75) is 0 Å². The van der Waals surface area contributed by atoms with Gasteiger partial charge in [0, 0.05) is 11.6 Å². The Morgan fingerprint density at radius 3 is 3.06 bits per heavy atom. The molecule has 2 N–H and O–H groups in total. The number of ether oxygens (including phenoxy) is 1. The molecule has 0 atom stereocenters. The SMILES string of the molecule is O=C(Nc1cccc2ncccc12)OCCO. The Kier molecular flexibility index (Phi) is 3.52. The van der Waals surface area contributed by atoms with Crippen molar-refractivity contribution in [3.8, 4) is 0 Å². The molecule has 2 aromatic rings. The van der Waals surface area contributed by atoms with Crippen LogP contribution in [-0.4, -0.2) is 29.4 Å². The van der Waals surface area contributed by atoms with Crippen molar-refractivity contribution in [1.82, 2.24) is 4.98 Å². The van der Waals surface area contributed by atoms with Crippen LogP contribution in [0.3, 0.4) is 0 Å². The highest BCUT2D eigenvalue weighted by Crippen LogP contribution is 2.21. The summed E-state index contributed by atoms with van der Waals surface area (Å²) in [4.78, 5) is 15.5. The van der Waals surface area contributed by atoms with Crippen LogP contribution in [0, 0.1) is 0 Å². The number of aliphatic hydroxyl groups is 1. The van der Waals surface area contributed by atoms with Crippen LogP contribution in [-0.2, 0) is 4.74 Å². The van der Waals surface area contributed by atoms with Crippen LogP contribution in [0.2, 0.25) is 0 Å². The summed E-state index contributed by atoms with van der Waals surface area (Å²) in [6.45, 7) is -0.209. The van der Waals surface area contributed by atoms with E-state index in [0.29, 0.717) is 5.69 Å². The molecule has 5 nitrogen and oxygen atoms in total. The molecule has 0 saturated carbocycles. The summed E-state index contributed by atoms with van der Waals surface area (Å²) >= 11 is 0. The average Bonchev–Trinajstić information content (AvgIpc) is 2.37. The van der Waals surface area contributed by atoms with Gasteiger partial charge in [-0.1, -0.05) is 6.07 Å². The van der Waals surface area contributed by atoms with Crippen LogP contribution in [0.1, 0.15) is 0 Å². The minimum absolute atomic E-state index is 0.0190. The maximum atomic E-state index is 11.4. The smallest absolute Gasteiger partial charge is 0.411 e. The van der Waals surface area contributed by atoms with Crippen LogP contribution in [0.5, 0.6) is 0 Å². The van der Waals surface area contributed by atoms with Gasteiger partial charge in [0.05, 0.1) is 17.8 Å². The molecule has 0 fully saturated rings. The Bertz CT molecular complexity index is 523. The van der Waals surface area contributed by atoms with Gasteiger partial charge >= 0.3 is 6.09 Å². The standard InChI is InChI=1S/C12H12N2O3/c15-7-8-17-12(16)14-11-5-1-4-10-9(11)3-2-6-13-10/h1-6,15H,7-8H2,(H,14,16). The Morgan fingerprint density at radius 1 is 1.35 bits per heavy atom. The monoisotopic (exact) mass is 232 g/mol. The lowest BCUT2D eigenvalue weighted by Crippen LogP contribution is -2.15. The van der Waals surface area contributed by atoms with E-state index in [9.17, 15) is 4.79 Å². The van der Waals surface area contributed by atoms with E-state index in [1.165, 1.54) is 0 Å². The number of fused-ring (bicyclic) bond motifs is 1. The van der Waals surface area contributed by atoms with Crippen LogP contribution in [0.4, 0.5) is 10.5 Å². The number of nitrogens with one attached hydrogen (secondary N) is 1. The van der Waals surface area contributed by atoms with Crippen molar-refractivity contribution < 1.29 is 14.6 Å². The number of hydrogen-bond donors (Lipinski definition) is 2. The Balaban J connectivity index is 2.21. The quantitative estimate of drug-likeness (QED) is 0.846. The number of aromatic nitrogens is 1. The van der Waals surface area contributed by atoms with Crippen molar-refractivity contribution >= 4 is 22.7 Å². The first-order chi connectivity index (χ1) is 8.31. The number of amides is 1. The largest absolute Gasteiger partial charge is 0.447 e. The highest BCUT2D eigenvalue weighted by Gasteiger charge is 2.06. The third-order valence-corrected chi connectivity index (χ3v) is 2.21. The van der Waals surface area contributed by atoms with Crippen LogP contribution < -0.4 is 5.32 Å². The zero-order valence-corrected chi connectivity index (χ0v) is 9.09. The van der Waals surface area contributed by atoms with Crippen molar-refractivity contribution in [2.24, 2.45) is 0 Å². The second-order valence-electron chi connectivity index (χ2n) is 3.36. The molecule has 0 aliphatic carbocycles. The van der Waals surface area contributed by atoms with Gasteiger partial charge in [-0.2, -0.15) is 0 Å². The van der Waals surface area contributed by atoms with Gasteiger partial charge in [0.25, 0.3) is 0 Å². The molecule has 0 radical (unpaired) electrons. The summed E-state index contributed by atoms with van der Waals surface area (Å²) < 4.78 is 4.72. The predicted octanol–water partition coefficient (Wildman–Crippen LogP) is 1.78. The highest BCUT2D eigenvalue weighted by molar-refractivity contribution is 5.98. The molecule has 1 amide bonds. The van der Waals surface area contributed by atoms with E-state index in [0.717, 1.165) is 10.9 Å². The fourth-order valence-corrected chi connectivity index (χ4v) is 1.50. The molecule has 1 aromatic carbocycles. The number of carbonyl (C=O) groups excluding carboxylic acids is 1. The molecule has 5 heteroatoms. The van der Waals surface area contributed by atoms with E-state index < -0.39 is 6.09 Å². The zero-order chi connectivity index (χ0) is 12.1. The van der Waals surface area contributed by atoms with E-state index in [2.05, 4.69) is 10.3 Å². The van der Waals surface area contributed by atoms with E-state index in [1.54, 1.807) is 24.4 Å². The summed E-state index contributed by atoms with van der Waals surface area (Å²) in [5.41, 5.74) is 1.44. The molecule has 0 spiro atoms. The summed E-state index contributed by atoms with van der Waals surface area (Å²) in [6.07, 6.45) is 1.10. The maximum Gasteiger partial charge on any atom is 0.411 e. The number of aliphatic hydroxyl groups excluding tert-OH is 1. The molecule has 0 aliphatic rings. The lowest BCUT2D eigenvalue weighted by Gasteiger charge is -2.08. The average molecular weight is 232 g/mol. The van der Waals surface area contributed by atoms with Crippen molar-refractivity contribution in [3.63, 3.8) is 0 Å². The second-order valence-corrected chi connectivity index (χ2v) is 3.36. The normalized spacial score (nSPS) is 10.2. The lowest BCUT2D eigenvalue weighted by molar-refractivity contribution is 0.131. The third-order valence-electron chi connectivity index (χ3n) is 2.21. The molecule has 0 bridgehead atoms. The first-order valence-electron chi connectivity index (χ1n) is 5.19. The molecule has 0 aliphatic heterocycles. The number of anilines is 1. The Labute approximate surface area is 98.0 Å². The maximum absolute atomic E-state index is 11.4. The molecule has 0 saturated heterocycles. The van der Waals surface area contributed by atoms with E-state index >= 15 is 0 Å². The fraction of sp³-hybridized carbons (Fsp3) is 0.167. The highest BCUT2D eigenvalue weighted by atomic mass is 16.6. The van der Waals surface area contributed by atoms with Crippen molar-refractivity contribution in [1.29, 1.82) is 0 Å². The number of nitrogens with zero attached hydrogens (tertiary/aromatic N) is 1. The van der Waals surface area contributed by atoms with Gasteiger partial charge in [-0.15, -0.1) is 0 Å². The van der Waals surface area contributed by atoms with Gasteiger partial charge in [-0.3, -0.25) is 10.3 Å². The summed E-state index contributed by atoms with van der Waals surface area (Å²) in [6, 6.07) is 9.09.